The van der Waals surface area contributed by atoms with Crippen LogP contribution < -0.4 is 5.32 Å². The molecule has 3 heterocycles. The number of pyridine rings is 2. The number of nitrogens with zero attached hydrogens (tertiary/aromatic N) is 3. The van der Waals surface area contributed by atoms with Crippen molar-refractivity contribution >= 4 is 23.1 Å². The molecule has 0 unspecified atom stereocenters. The van der Waals surface area contributed by atoms with E-state index in [4.69, 9.17) is 16.6 Å². The Morgan fingerprint density at radius 1 is 1.24 bits per heavy atom. The summed E-state index contributed by atoms with van der Waals surface area (Å²) in [6, 6.07) is 10.3. The molecule has 0 amide bonds. The standard InChI is InChI=1S/C16H15ClN4/c17-11-7-8-21-14(10-18-16(21)9-11)13-5-2-6-15(20-13)19-12-3-1-4-12/h2,5-10,12H,1,3-4H2,(H,19,20). The first kappa shape index (κ1) is 12.7. The smallest absolute Gasteiger partial charge is 0.138 e. The van der Waals surface area contributed by atoms with Gasteiger partial charge in [-0.15, -0.1) is 0 Å². The average molecular weight is 299 g/mol. The lowest BCUT2D eigenvalue weighted by molar-refractivity contribution is 0.444. The minimum atomic E-state index is 0.578. The van der Waals surface area contributed by atoms with Gasteiger partial charge in [0.2, 0.25) is 0 Å². The highest BCUT2D eigenvalue weighted by atomic mass is 35.5. The molecule has 0 bridgehead atoms. The lowest BCUT2D eigenvalue weighted by Gasteiger charge is -2.27. The van der Waals surface area contributed by atoms with Crippen LogP contribution in [0.1, 0.15) is 19.3 Å². The molecule has 106 valence electrons. The van der Waals surface area contributed by atoms with Crippen molar-refractivity contribution in [3.8, 4) is 11.4 Å². The van der Waals surface area contributed by atoms with Gasteiger partial charge in [-0.1, -0.05) is 17.7 Å². The molecule has 0 atom stereocenters. The monoisotopic (exact) mass is 298 g/mol. The molecule has 0 aromatic carbocycles. The molecular formula is C16H15ClN4. The predicted octanol–water partition coefficient (Wildman–Crippen LogP) is 4.01. The zero-order chi connectivity index (χ0) is 14.2. The zero-order valence-electron chi connectivity index (χ0n) is 11.5. The van der Waals surface area contributed by atoms with Crippen LogP contribution in [-0.2, 0) is 0 Å². The summed E-state index contributed by atoms with van der Waals surface area (Å²) < 4.78 is 2.00. The highest BCUT2D eigenvalue weighted by Gasteiger charge is 2.17. The van der Waals surface area contributed by atoms with Crippen LogP contribution >= 0.6 is 11.6 Å². The highest BCUT2D eigenvalue weighted by molar-refractivity contribution is 6.30. The lowest BCUT2D eigenvalue weighted by atomic mass is 9.93. The van der Waals surface area contributed by atoms with Gasteiger partial charge < -0.3 is 5.32 Å². The van der Waals surface area contributed by atoms with Gasteiger partial charge >= 0.3 is 0 Å². The Labute approximate surface area is 127 Å². The van der Waals surface area contributed by atoms with Crippen LogP contribution in [0.4, 0.5) is 5.82 Å². The van der Waals surface area contributed by atoms with Crippen LogP contribution in [0.3, 0.4) is 0 Å². The van der Waals surface area contributed by atoms with Crippen molar-refractivity contribution in [3.05, 3.63) is 47.7 Å². The first-order valence-corrected chi connectivity index (χ1v) is 7.54. The van der Waals surface area contributed by atoms with E-state index < -0.39 is 0 Å². The van der Waals surface area contributed by atoms with Crippen LogP contribution in [0.25, 0.3) is 17.0 Å². The number of hydrogen-bond acceptors (Lipinski definition) is 3. The minimum Gasteiger partial charge on any atom is -0.367 e. The molecule has 4 rings (SSSR count). The SMILES string of the molecule is Clc1ccn2c(-c3cccc(NC4CCC4)n3)cnc2c1. The maximum absolute atomic E-state index is 6.00. The second kappa shape index (κ2) is 5.04. The molecule has 0 saturated heterocycles. The summed E-state index contributed by atoms with van der Waals surface area (Å²) in [5.74, 6) is 0.932. The van der Waals surface area contributed by atoms with Crippen LogP contribution in [-0.4, -0.2) is 20.4 Å². The van der Waals surface area contributed by atoms with E-state index in [0.29, 0.717) is 11.1 Å². The van der Waals surface area contributed by atoms with Gasteiger partial charge in [0.15, 0.2) is 0 Å². The Hall–Kier alpha value is -2.07. The fourth-order valence-electron chi connectivity index (χ4n) is 2.56. The fourth-order valence-corrected chi connectivity index (χ4v) is 2.72. The predicted molar refractivity (Wildman–Crippen MR) is 84.7 cm³/mol. The van der Waals surface area contributed by atoms with E-state index in [-0.39, 0.29) is 0 Å². The number of nitrogens with one attached hydrogen (secondary N) is 1. The molecule has 1 N–H and O–H groups in total. The fraction of sp³-hybridized carbons (Fsp3) is 0.250. The van der Waals surface area contributed by atoms with Crippen molar-refractivity contribution in [1.82, 2.24) is 14.4 Å². The third-order valence-corrected chi connectivity index (χ3v) is 4.18. The van der Waals surface area contributed by atoms with Crippen LogP contribution in [0.5, 0.6) is 0 Å². The molecule has 0 radical (unpaired) electrons. The second-order valence-corrected chi connectivity index (χ2v) is 5.83. The summed E-state index contributed by atoms with van der Waals surface area (Å²) in [6.45, 7) is 0. The van der Waals surface area contributed by atoms with E-state index in [9.17, 15) is 0 Å². The molecule has 1 fully saturated rings. The van der Waals surface area contributed by atoms with Crippen molar-refractivity contribution in [2.45, 2.75) is 25.3 Å². The Balaban J connectivity index is 1.72. The molecule has 0 aliphatic heterocycles. The first-order valence-electron chi connectivity index (χ1n) is 7.16. The van der Waals surface area contributed by atoms with Gasteiger partial charge in [-0.05, 0) is 37.5 Å². The normalized spacial score (nSPS) is 15.1. The van der Waals surface area contributed by atoms with Crippen molar-refractivity contribution in [2.24, 2.45) is 0 Å². The van der Waals surface area contributed by atoms with Gasteiger partial charge in [-0.25, -0.2) is 9.97 Å². The average Bonchev–Trinajstić information content (AvgIpc) is 2.86. The number of hydrogen-bond donors (Lipinski definition) is 1. The van der Waals surface area contributed by atoms with Gasteiger partial charge in [-0.2, -0.15) is 0 Å². The Morgan fingerprint density at radius 3 is 2.95 bits per heavy atom. The molecule has 5 heteroatoms. The molecule has 1 aliphatic carbocycles. The van der Waals surface area contributed by atoms with Gasteiger partial charge in [0.25, 0.3) is 0 Å². The third kappa shape index (κ3) is 2.36. The highest BCUT2D eigenvalue weighted by Crippen LogP contribution is 2.25. The quantitative estimate of drug-likeness (QED) is 0.794. The maximum Gasteiger partial charge on any atom is 0.138 e. The topological polar surface area (TPSA) is 42.2 Å². The van der Waals surface area contributed by atoms with Gasteiger partial charge in [-0.3, -0.25) is 4.40 Å². The van der Waals surface area contributed by atoms with Gasteiger partial charge in [0.1, 0.15) is 11.5 Å². The van der Waals surface area contributed by atoms with Crippen LogP contribution in [0.2, 0.25) is 5.02 Å². The molecule has 3 aromatic heterocycles. The number of anilines is 1. The number of rotatable bonds is 3. The molecular weight excluding hydrogens is 284 g/mol. The summed E-state index contributed by atoms with van der Waals surface area (Å²) in [6.07, 6.45) is 7.54. The second-order valence-electron chi connectivity index (χ2n) is 5.40. The van der Waals surface area contributed by atoms with Crippen LogP contribution in [0.15, 0.2) is 42.7 Å². The summed E-state index contributed by atoms with van der Waals surface area (Å²) >= 11 is 6.00. The van der Waals surface area contributed by atoms with Crippen molar-refractivity contribution in [3.63, 3.8) is 0 Å². The number of imidazole rings is 1. The van der Waals surface area contributed by atoms with E-state index in [1.165, 1.54) is 19.3 Å². The van der Waals surface area contributed by atoms with E-state index in [2.05, 4.69) is 10.3 Å². The van der Waals surface area contributed by atoms with E-state index in [1.807, 2.05) is 47.1 Å². The summed E-state index contributed by atoms with van der Waals surface area (Å²) in [5.41, 5.74) is 2.71. The maximum atomic E-state index is 6.00. The molecule has 1 aliphatic rings. The first-order chi connectivity index (χ1) is 10.3. The summed E-state index contributed by atoms with van der Waals surface area (Å²) in [4.78, 5) is 9.10. The Kier molecular flexibility index (Phi) is 3.04. The molecule has 21 heavy (non-hydrogen) atoms. The third-order valence-electron chi connectivity index (χ3n) is 3.94. The number of aromatic nitrogens is 3. The van der Waals surface area contributed by atoms with Crippen LogP contribution in [0, 0.1) is 0 Å². The lowest BCUT2D eigenvalue weighted by Crippen LogP contribution is -2.27. The molecule has 4 nitrogen and oxygen atoms in total. The number of halogens is 1. The number of fused-ring (bicyclic) bond motifs is 1. The summed E-state index contributed by atoms with van der Waals surface area (Å²) in [5, 5.41) is 4.16. The molecule has 3 aromatic rings. The molecule has 1 saturated carbocycles. The van der Waals surface area contributed by atoms with Crippen molar-refractivity contribution in [1.29, 1.82) is 0 Å². The van der Waals surface area contributed by atoms with Crippen molar-refractivity contribution < 1.29 is 0 Å². The Bertz CT molecular complexity index is 792. The van der Waals surface area contributed by atoms with Crippen molar-refractivity contribution in [2.75, 3.05) is 5.32 Å². The summed E-state index contributed by atoms with van der Waals surface area (Å²) in [7, 11) is 0. The molecule has 0 spiro atoms. The zero-order valence-corrected chi connectivity index (χ0v) is 12.2. The Morgan fingerprint density at radius 2 is 2.14 bits per heavy atom. The van der Waals surface area contributed by atoms with Gasteiger partial charge in [0.05, 0.1) is 17.6 Å². The van der Waals surface area contributed by atoms with Gasteiger partial charge in [0, 0.05) is 23.3 Å². The van der Waals surface area contributed by atoms with E-state index in [1.54, 1.807) is 0 Å². The van der Waals surface area contributed by atoms with E-state index >= 15 is 0 Å². The largest absolute Gasteiger partial charge is 0.367 e. The van der Waals surface area contributed by atoms with E-state index in [0.717, 1.165) is 22.9 Å². The minimum absolute atomic E-state index is 0.578.